The lowest BCUT2D eigenvalue weighted by atomic mass is 9.93. The molecule has 0 aliphatic carbocycles. The van der Waals surface area contributed by atoms with Crippen molar-refractivity contribution in [3.8, 4) is 5.75 Å². The molecule has 1 aliphatic heterocycles. The average molecular weight is 337 g/mol. The van der Waals surface area contributed by atoms with E-state index in [4.69, 9.17) is 0 Å². The molecule has 0 radical (unpaired) electrons. The van der Waals surface area contributed by atoms with Crippen molar-refractivity contribution in [2.24, 2.45) is 0 Å². The van der Waals surface area contributed by atoms with Crippen LogP contribution in [-0.4, -0.2) is 23.2 Å². The molecule has 3 nitrogen and oxygen atoms in total. The average Bonchev–Trinajstić information content (AvgIpc) is 2.66. The molecule has 1 saturated heterocycles. The molecule has 128 valence electrons. The molecule has 1 fully saturated rings. The molecule has 1 aromatic heterocycles. The highest BCUT2D eigenvalue weighted by molar-refractivity contribution is 5.85. The van der Waals surface area contributed by atoms with E-state index in [2.05, 4.69) is 4.98 Å². The molecule has 0 saturated carbocycles. The third-order valence-corrected chi connectivity index (χ3v) is 5.20. The van der Waals surface area contributed by atoms with E-state index in [1.165, 1.54) is 36.3 Å². The fraction of sp³-hybridized carbons (Fsp3) is 0.286. The maximum atomic E-state index is 13.4. The first kappa shape index (κ1) is 16.0. The van der Waals surface area contributed by atoms with Crippen LogP contribution in [0.4, 0.5) is 4.39 Å². The summed E-state index contributed by atoms with van der Waals surface area (Å²) in [6.45, 7) is 2.11. The fourth-order valence-electron chi connectivity index (χ4n) is 3.96. The molecule has 4 heteroatoms. The number of halogens is 1. The summed E-state index contributed by atoms with van der Waals surface area (Å²) >= 11 is 0. The van der Waals surface area contributed by atoms with Crippen molar-refractivity contribution >= 4 is 10.9 Å². The van der Waals surface area contributed by atoms with Crippen LogP contribution >= 0.6 is 0 Å². The number of pyridine rings is 1. The Morgan fingerprint density at radius 1 is 0.960 bits per heavy atom. The topological polar surface area (TPSA) is 37.6 Å². The van der Waals surface area contributed by atoms with Gasteiger partial charge in [-0.05, 0) is 55.7 Å². The SMILES string of the molecule is Oc1c([C@H](c2ccc(F)cc2)[NH+]2CCCCC2)ccc2cccnc12. The Hall–Kier alpha value is -2.46. The van der Waals surface area contributed by atoms with Crippen molar-refractivity contribution in [1.82, 2.24) is 4.98 Å². The van der Waals surface area contributed by atoms with E-state index in [9.17, 15) is 9.50 Å². The quantitative estimate of drug-likeness (QED) is 0.770. The van der Waals surface area contributed by atoms with Crippen LogP contribution in [-0.2, 0) is 0 Å². The number of piperidine rings is 1. The number of hydrogen-bond donors (Lipinski definition) is 2. The van der Waals surface area contributed by atoms with Crippen LogP contribution in [0.1, 0.15) is 36.4 Å². The summed E-state index contributed by atoms with van der Waals surface area (Å²) in [6, 6.07) is 14.5. The van der Waals surface area contributed by atoms with Crippen molar-refractivity contribution in [3.05, 3.63) is 71.7 Å². The predicted molar refractivity (Wildman–Crippen MR) is 96.2 cm³/mol. The number of quaternary nitrogens is 1. The minimum Gasteiger partial charge on any atom is -0.505 e. The lowest BCUT2D eigenvalue weighted by molar-refractivity contribution is -0.930. The standard InChI is InChI=1S/C21H21FN2O/c22-17-9-6-16(7-10-17)20(24-13-2-1-3-14-24)18-11-8-15-5-4-12-23-19(15)21(18)25/h4-12,20,25H,1-3,13-14H2/p+1/t20-/m0/s1. The third-order valence-electron chi connectivity index (χ3n) is 5.20. The van der Waals surface area contributed by atoms with Crippen LogP contribution in [0.3, 0.4) is 0 Å². The molecule has 0 unspecified atom stereocenters. The smallest absolute Gasteiger partial charge is 0.151 e. The fourth-order valence-corrected chi connectivity index (χ4v) is 3.96. The van der Waals surface area contributed by atoms with E-state index in [0.29, 0.717) is 5.52 Å². The van der Waals surface area contributed by atoms with Gasteiger partial charge in [-0.1, -0.05) is 12.1 Å². The maximum Gasteiger partial charge on any atom is 0.151 e. The molecule has 0 spiro atoms. The number of aromatic hydroxyl groups is 1. The minimum atomic E-state index is -0.236. The van der Waals surface area contributed by atoms with E-state index < -0.39 is 0 Å². The molecule has 0 bridgehead atoms. The summed E-state index contributed by atoms with van der Waals surface area (Å²) in [7, 11) is 0. The summed E-state index contributed by atoms with van der Waals surface area (Å²) in [5, 5.41) is 11.8. The van der Waals surface area contributed by atoms with Gasteiger partial charge in [0.1, 0.15) is 17.4 Å². The normalized spacial score (nSPS) is 16.8. The van der Waals surface area contributed by atoms with Gasteiger partial charge in [0.2, 0.25) is 0 Å². The highest BCUT2D eigenvalue weighted by atomic mass is 19.1. The molecular weight excluding hydrogens is 315 g/mol. The lowest BCUT2D eigenvalue weighted by Crippen LogP contribution is -3.13. The van der Waals surface area contributed by atoms with Crippen molar-refractivity contribution in [2.45, 2.75) is 25.3 Å². The van der Waals surface area contributed by atoms with Gasteiger partial charge in [0, 0.05) is 17.1 Å². The Kier molecular flexibility index (Phi) is 4.36. The molecular formula is C21H22FN2O+. The highest BCUT2D eigenvalue weighted by Crippen LogP contribution is 2.33. The van der Waals surface area contributed by atoms with Crippen molar-refractivity contribution in [1.29, 1.82) is 0 Å². The zero-order valence-electron chi connectivity index (χ0n) is 14.1. The van der Waals surface area contributed by atoms with Gasteiger partial charge in [-0.3, -0.25) is 4.98 Å². The van der Waals surface area contributed by atoms with E-state index in [0.717, 1.165) is 29.6 Å². The second kappa shape index (κ2) is 6.81. The molecule has 0 amide bonds. The maximum absolute atomic E-state index is 13.4. The summed E-state index contributed by atoms with van der Waals surface area (Å²) in [5.74, 6) is 0.00560. The second-order valence-corrected chi connectivity index (χ2v) is 6.78. The Morgan fingerprint density at radius 2 is 1.72 bits per heavy atom. The van der Waals surface area contributed by atoms with Crippen LogP contribution in [0.2, 0.25) is 0 Å². The van der Waals surface area contributed by atoms with E-state index >= 15 is 0 Å². The highest BCUT2D eigenvalue weighted by Gasteiger charge is 2.30. The number of phenols is 1. The lowest BCUT2D eigenvalue weighted by Gasteiger charge is -2.32. The third kappa shape index (κ3) is 3.10. The number of nitrogens with zero attached hydrogens (tertiary/aromatic N) is 1. The molecule has 2 heterocycles. The summed E-state index contributed by atoms with van der Waals surface area (Å²) in [6.07, 6.45) is 5.32. The number of likely N-dealkylation sites (tertiary alicyclic amines) is 1. The number of hydrogen-bond acceptors (Lipinski definition) is 2. The van der Waals surface area contributed by atoms with Crippen molar-refractivity contribution in [3.63, 3.8) is 0 Å². The van der Waals surface area contributed by atoms with Crippen molar-refractivity contribution < 1.29 is 14.4 Å². The van der Waals surface area contributed by atoms with Crippen LogP contribution < -0.4 is 4.90 Å². The molecule has 1 atom stereocenters. The largest absolute Gasteiger partial charge is 0.505 e. The van der Waals surface area contributed by atoms with Gasteiger partial charge in [-0.2, -0.15) is 0 Å². The Balaban J connectivity index is 1.85. The van der Waals surface area contributed by atoms with Gasteiger partial charge in [0.25, 0.3) is 0 Å². The van der Waals surface area contributed by atoms with Gasteiger partial charge in [-0.15, -0.1) is 0 Å². The van der Waals surface area contributed by atoms with E-state index in [-0.39, 0.29) is 17.6 Å². The molecule has 2 N–H and O–H groups in total. The van der Waals surface area contributed by atoms with Crippen LogP contribution in [0.25, 0.3) is 10.9 Å². The first-order valence-corrected chi connectivity index (χ1v) is 8.90. The van der Waals surface area contributed by atoms with Crippen molar-refractivity contribution in [2.75, 3.05) is 13.1 Å². The molecule has 1 aliphatic rings. The molecule has 3 aromatic rings. The van der Waals surface area contributed by atoms with Crippen LogP contribution in [0.15, 0.2) is 54.7 Å². The summed E-state index contributed by atoms with van der Waals surface area (Å²) < 4.78 is 13.4. The van der Waals surface area contributed by atoms with E-state index in [1.54, 1.807) is 6.20 Å². The van der Waals surface area contributed by atoms with Gasteiger partial charge in [0.15, 0.2) is 5.75 Å². The van der Waals surface area contributed by atoms with Crippen LogP contribution in [0.5, 0.6) is 5.75 Å². The van der Waals surface area contributed by atoms with Gasteiger partial charge >= 0.3 is 0 Å². The monoisotopic (exact) mass is 337 g/mol. The summed E-state index contributed by atoms with van der Waals surface area (Å²) in [4.78, 5) is 5.78. The Morgan fingerprint density at radius 3 is 2.48 bits per heavy atom. The predicted octanol–water partition coefficient (Wildman–Crippen LogP) is 3.24. The molecule has 2 aromatic carbocycles. The number of phenolic OH excluding ortho intramolecular Hbond substituents is 1. The van der Waals surface area contributed by atoms with Gasteiger partial charge in [0.05, 0.1) is 18.7 Å². The number of rotatable bonds is 3. The first-order valence-electron chi connectivity index (χ1n) is 8.90. The Labute approximate surface area is 146 Å². The van der Waals surface area contributed by atoms with Gasteiger partial charge in [-0.25, -0.2) is 4.39 Å². The van der Waals surface area contributed by atoms with Crippen LogP contribution in [0, 0.1) is 5.82 Å². The number of benzene rings is 2. The minimum absolute atomic E-state index is 0.00712. The first-order chi connectivity index (χ1) is 12.2. The number of aromatic nitrogens is 1. The zero-order chi connectivity index (χ0) is 17.2. The Bertz CT molecular complexity index is 873. The second-order valence-electron chi connectivity index (χ2n) is 6.78. The number of nitrogens with one attached hydrogen (secondary N) is 1. The number of fused-ring (bicyclic) bond motifs is 1. The van der Waals surface area contributed by atoms with Gasteiger partial charge < -0.3 is 10.0 Å². The zero-order valence-corrected chi connectivity index (χ0v) is 14.1. The summed E-state index contributed by atoms with van der Waals surface area (Å²) in [5.41, 5.74) is 2.53. The molecule has 4 rings (SSSR count). The molecule has 25 heavy (non-hydrogen) atoms. The van der Waals surface area contributed by atoms with E-state index in [1.807, 2.05) is 36.4 Å².